The lowest BCUT2D eigenvalue weighted by Crippen LogP contribution is -2.55. The molecular formula is C24H29N5O4. The molecular weight excluding hydrogens is 422 g/mol. The van der Waals surface area contributed by atoms with Crippen LogP contribution in [0.3, 0.4) is 0 Å². The lowest BCUT2D eigenvalue weighted by Gasteiger charge is -2.43. The lowest BCUT2D eigenvalue weighted by molar-refractivity contribution is -0.120. The number of esters is 1. The number of hydrogen-bond acceptors (Lipinski definition) is 8. The van der Waals surface area contributed by atoms with E-state index in [9.17, 15) is 9.59 Å². The minimum atomic E-state index is -0.376. The van der Waals surface area contributed by atoms with Gasteiger partial charge in [0.2, 0.25) is 11.9 Å². The number of amides is 1. The molecule has 33 heavy (non-hydrogen) atoms. The molecule has 1 aromatic carbocycles. The second-order valence-corrected chi connectivity index (χ2v) is 8.75. The number of carbonyl (C=O) groups is 2. The fraction of sp³-hybridized carbons (Fsp3) is 0.500. The molecule has 9 heteroatoms. The van der Waals surface area contributed by atoms with E-state index in [1.165, 1.54) is 20.0 Å². The minimum Gasteiger partial charge on any atom is -0.491 e. The summed E-state index contributed by atoms with van der Waals surface area (Å²) in [7, 11) is 3.16. The van der Waals surface area contributed by atoms with Gasteiger partial charge in [-0.05, 0) is 31.4 Å². The maximum Gasteiger partial charge on any atom is 0.338 e. The summed E-state index contributed by atoms with van der Waals surface area (Å²) in [4.78, 5) is 38.4. The average molecular weight is 452 g/mol. The summed E-state index contributed by atoms with van der Waals surface area (Å²) >= 11 is 0. The first kappa shape index (κ1) is 21.5. The SMILES string of the molecule is CC[C@@H]1C(=O)N(C)c2cnc(Nc3ccc(C(=O)OC)c4c3OCC4)nc2N1C1CCCC1. The largest absolute Gasteiger partial charge is 0.491 e. The standard InChI is InChI=1S/C24H29N5O4/c1-4-18-22(30)28(2)19-13-25-24(27-21(19)29(18)14-7-5-6-8-14)26-17-10-9-16(23(31)32-3)15-11-12-33-20(15)17/h9-10,13-14,18H,4-8,11-12H2,1-3H3,(H,25,26,27)/t18-/m1/s1. The van der Waals surface area contributed by atoms with Crippen LogP contribution in [0.4, 0.5) is 23.1 Å². The van der Waals surface area contributed by atoms with Crippen LogP contribution in [-0.2, 0) is 16.0 Å². The summed E-state index contributed by atoms with van der Waals surface area (Å²) in [5, 5.41) is 3.28. The van der Waals surface area contributed by atoms with Crippen LogP contribution in [0.25, 0.3) is 0 Å². The fourth-order valence-corrected chi connectivity index (χ4v) is 5.26. The Bertz CT molecular complexity index is 1100. The predicted molar refractivity (Wildman–Crippen MR) is 125 cm³/mol. The molecule has 0 saturated heterocycles. The van der Waals surface area contributed by atoms with Crippen LogP contribution < -0.4 is 19.9 Å². The predicted octanol–water partition coefficient (Wildman–Crippen LogP) is 3.45. The van der Waals surface area contributed by atoms with Gasteiger partial charge < -0.3 is 24.6 Å². The molecule has 1 amide bonds. The zero-order chi connectivity index (χ0) is 23.1. The molecule has 0 spiro atoms. The molecule has 9 nitrogen and oxygen atoms in total. The van der Waals surface area contributed by atoms with Crippen LogP contribution in [-0.4, -0.2) is 54.7 Å². The van der Waals surface area contributed by atoms with E-state index in [-0.39, 0.29) is 17.9 Å². The molecule has 174 valence electrons. The van der Waals surface area contributed by atoms with Gasteiger partial charge in [0, 0.05) is 25.1 Å². The number of aromatic nitrogens is 2. The van der Waals surface area contributed by atoms with E-state index in [2.05, 4.69) is 15.2 Å². The van der Waals surface area contributed by atoms with Crippen LogP contribution in [0.5, 0.6) is 5.75 Å². The Labute approximate surface area is 193 Å². The molecule has 2 aromatic rings. The first-order valence-electron chi connectivity index (χ1n) is 11.6. The Kier molecular flexibility index (Phi) is 5.55. The number of nitrogens with one attached hydrogen (secondary N) is 1. The van der Waals surface area contributed by atoms with Crippen molar-refractivity contribution in [3.63, 3.8) is 0 Å². The van der Waals surface area contributed by atoms with E-state index in [4.69, 9.17) is 14.5 Å². The van der Waals surface area contributed by atoms with E-state index in [1.54, 1.807) is 30.3 Å². The van der Waals surface area contributed by atoms with Crippen molar-refractivity contribution in [2.24, 2.45) is 0 Å². The van der Waals surface area contributed by atoms with Gasteiger partial charge >= 0.3 is 5.97 Å². The van der Waals surface area contributed by atoms with Crippen LogP contribution in [0.15, 0.2) is 18.3 Å². The number of rotatable bonds is 5. The number of hydrogen-bond donors (Lipinski definition) is 1. The highest BCUT2D eigenvalue weighted by atomic mass is 16.5. The van der Waals surface area contributed by atoms with Gasteiger partial charge in [-0.15, -0.1) is 0 Å². The zero-order valence-electron chi connectivity index (χ0n) is 19.3. The van der Waals surface area contributed by atoms with Crippen LogP contribution in [0, 0.1) is 0 Å². The third-order valence-corrected chi connectivity index (χ3v) is 6.92. The summed E-state index contributed by atoms with van der Waals surface area (Å²) in [6.07, 6.45) is 7.54. The van der Waals surface area contributed by atoms with E-state index in [0.717, 1.165) is 36.3 Å². The summed E-state index contributed by atoms with van der Waals surface area (Å²) in [6.45, 7) is 2.55. The molecule has 2 aliphatic heterocycles. The Morgan fingerprint density at radius 1 is 1.30 bits per heavy atom. The van der Waals surface area contributed by atoms with Crippen molar-refractivity contribution in [3.8, 4) is 5.75 Å². The van der Waals surface area contributed by atoms with Crippen molar-refractivity contribution < 1.29 is 19.1 Å². The molecule has 3 aliphatic rings. The summed E-state index contributed by atoms with van der Waals surface area (Å²) < 4.78 is 10.7. The number of methoxy groups -OCH3 is 1. The Balaban J connectivity index is 1.52. The molecule has 1 saturated carbocycles. The fourth-order valence-electron chi connectivity index (χ4n) is 5.26. The average Bonchev–Trinajstić information content (AvgIpc) is 3.53. The smallest absolute Gasteiger partial charge is 0.338 e. The molecule has 0 radical (unpaired) electrons. The van der Waals surface area contributed by atoms with Crippen molar-refractivity contribution in [1.82, 2.24) is 9.97 Å². The Morgan fingerprint density at radius 2 is 2.09 bits per heavy atom. The third-order valence-electron chi connectivity index (χ3n) is 6.92. The Hall–Kier alpha value is -3.36. The molecule has 1 aliphatic carbocycles. The van der Waals surface area contributed by atoms with Crippen molar-refractivity contribution in [2.45, 2.75) is 57.5 Å². The maximum absolute atomic E-state index is 13.1. The van der Waals surface area contributed by atoms with Gasteiger partial charge in [0.25, 0.3) is 0 Å². The van der Waals surface area contributed by atoms with Crippen molar-refractivity contribution in [3.05, 3.63) is 29.5 Å². The van der Waals surface area contributed by atoms with Gasteiger partial charge in [-0.2, -0.15) is 4.98 Å². The maximum atomic E-state index is 13.1. The lowest BCUT2D eigenvalue weighted by atomic mass is 10.0. The number of benzene rings is 1. The van der Waals surface area contributed by atoms with Crippen molar-refractivity contribution in [1.29, 1.82) is 0 Å². The molecule has 1 fully saturated rings. The molecule has 5 rings (SSSR count). The number of ether oxygens (including phenoxy) is 2. The van der Waals surface area contributed by atoms with E-state index in [1.807, 2.05) is 6.92 Å². The van der Waals surface area contributed by atoms with Gasteiger partial charge in [-0.3, -0.25) is 4.79 Å². The van der Waals surface area contributed by atoms with Crippen LogP contribution >= 0.6 is 0 Å². The normalized spacial score (nSPS) is 19.8. The number of anilines is 4. The molecule has 0 unspecified atom stereocenters. The number of likely N-dealkylation sites (N-methyl/N-ethyl adjacent to an activating group) is 1. The first-order chi connectivity index (χ1) is 16.0. The molecule has 3 heterocycles. The van der Waals surface area contributed by atoms with Gasteiger partial charge in [-0.25, -0.2) is 9.78 Å². The zero-order valence-corrected chi connectivity index (χ0v) is 19.3. The second-order valence-electron chi connectivity index (χ2n) is 8.75. The number of fused-ring (bicyclic) bond motifs is 2. The molecule has 1 N–H and O–H groups in total. The molecule has 0 bridgehead atoms. The third kappa shape index (κ3) is 3.55. The van der Waals surface area contributed by atoms with Crippen molar-refractivity contribution >= 4 is 35.0 Å². The second kappa shape index (κ2) is 8.53. The van der Waals surface area contributed by atoms with Crippen molar-refractivity contribution in [2.75, 3.05) is 35.9 Å². The van der Waals surface area contributed by atoms with Gasteiger partial charge in [0.15, 0.2) is 5.82 Å². The highest BCUT2D eigenvalue weighted by Gasteiger charge is 2.41. The number of carbonyl (C=O) groups excluding carboxylic acids is 2. The summed E-state index contributed by atoms with van der Waals surface area (Å²) in [6, 6.07) is 3.62. The monoisotopic (exact) mass is 451 g/mol. The Morgan fingerprint density at radius 3 is 2.82 bits per heavy atom. The van der Waals surface area contributed by atoms with Crippen LogP contribution in [0.1, 0.15) is 54.9 Å². The van der Waals surface area contributed by atoms with Gasteiger partial charge in [0.1, 0.15) is 17.5 Å². The number of nitrogens with zero attached hydrogens (tertiary/aromatic N) is 4. The minimum absolute atomic E-state index is 0.0887. The summed E-state index contributed by atoms with van der Waals surface area (Å²) in [5.41, 5.74) is 2.77. The van der Waals surface area contributed by atoms with Gasteiger partial charge in [0.05, 0.1) is 31.2 Å². The summed E-state index contributed by atoms with van der Waals surface area (Å²) in [5.74, 6) is 1.56. The van der Waals surface area contributed by atoms with Crippen LogP contribution in [0.2, 0.25) is 0 Å². The first-order valence-corrected chi connectivity index (χ1v) is 11.6. The highest BCUT2D eigenvalue weighted by molar-refractivity contribution is 6.04. The van der Waals surface area contributed by atoms with E-state index in [0.29, 0.717) is 42.0 Å². The van der Waals surface area contributed by atoms with E-state index >= 15 is 0 Å². The van der Waals surface area contributed by atoms with E-state index < -0.39 is 0 Å². The highest BCUT2D eigenvalue weighted by Crippen LogP contribution is 2.41. The molecule has 1 aromatic heterocycles. The molecule has 1 atom stereocenters. The van der Waals surface area contributed by atoms with Gasteiger partial charge in [-0.1, -0.05) is 19.8 Å². The quantitative estimate of drug-likeness (QED) is 0.691. The topological polar surface area (TPSA) is 96.9 Å².